The minimum absolute atomic E-state index is 0.0710. The van der Waals surface area contributed by atoms with E-state index in [1.165, 1.54) is 0 Å². The molecule has 33 heavy (non-hydrogen) atoms. The topological polar surface area (TPSA) is 60.7 Å². The fourth-order valence-corrected chi connectivity index (χ4v) is 8.79. The first-order chi connectivity index (χ1) is 15.2. The highest BCUT2D eigenvalue weighted by Crippen LogP contribution is 2.71. The van der Waals surface area contributed by atoms with E-state index in [0.717, 1.165) is 44.1 Å². The van der Waals surface area contributed by atoms with Gasteiger partial charge >= 0.3 is 0 Å². The van der Waals surface area contributed by atoms with E-state index >= 15 is 0 Å². The van der Waals surface area contributed by atoms with Gasteiger partial charge in [-0.15, -0.1) is 0 Å². The molecule has 0 bridgehead atoms. The zero-order valence-corrected chi connectivity index (χ0v) is 22.1. The number of aliphatic hydroxyl groups excluding tert-OH is 3. The van der Waals surface area contributed by atoms with Gasteiger partial charge < -0.3 is 15.3 Å². The maximum atomic E-state index is 11.0. The third-order valence-electron chi connectivity index (χ3n) is 11.6. The second-order valence-corrected chi connectivity index (χ2v) is 13.4. The summed E-state index contributed by atoms with van der Waals surface area (Å²) in [5.41, 5.74) is 4.12. The van der Waals surface area contributed by atoms with E-state index in [0.29, 0.717) is 18.3 Å². The normalized spacial score (nSPS) is 44.5. The maximum Gasteiger partial charge on any atom is 0.0769 e. The fourth-order valence-electron chi connectivity index (χ4n) is 8.79. The molecule has 0 unspecified atom stereocenters. The highest BCUT2D eigenvalue weighted by atomic mass is 16.3. The summed E-state index contributed by atoms with van der Waals surface area (Å²) < 4.78 is 0. The van der Waals surface area contributed by atoms with Crippen LogP contribution in [0.3, 0.4) is 0 Å². The van der Waals surface area contributed by atoms with Gasteiger partial charge in [-0.25, -0.2) is 0 Å². The Balaban J connectivity index is 1.66. The van der Waals surface area contributed by atoms with E-state index in [4.69, 9.17) is 0 Å². The minimum Gasteiger partial charge on any atom is -0.393 e. The Labute approximate surface area is 202 Å². The lowest BCUT2D eigenvalue weighted by atomic mass is 9.44. The molecule has 0 amide bonds. The number of rotatable bonds is 5. The summed E-state index contributed by atoms with van der Waals surface area (Å²) >= 11 is 0. The summed E-state index contributed by atoms with van der Waals surface area (Å²) in [4.78, 5) is 0. The fraction of sp³-hybridized carbons (Fsp3) is 0.800. The molecule has 4 aliphatic carbocycles. The number of fused-ring (bicyclic) bond motifs is 5. The summed E-state index contributed by atoms with van der Waals surface area (Å²) in [5, 5.41) is 32.1. The van der Waals surface area contributed by atoms with Gasteiger partial charge in [0.15, 0.2) is 0 Å². The highest BCUT2D eigenvalue weighted by molar-refractivity contribution is 5.49. The van der Waals surface area contributed by atoms with Crippen LogP contribution in [0.4, 0.5) is 0 Å². The van der Waals surface area contributed by atoms with Crippen molar-refractivity contribution in [1.29, 1.82) is 0 Å². The van der Waals surface area contributed by atoms with Gasteiger partial charge in [0.25, 0.3) is 0 Å². The Morgan fingerprint density at radius 3 is 2.36 bits per heavy atom. The van der Waals surface area contributed by atoms with Crippen LogP contribution in [0.1, 0.15) is 93.4 Å². The monoisotopic (exact) mass is 456 g/mol. The molecular formula is C30H48O3. The molecule has 0 aliphatic heterocycles. The predicted molar refractivity (Wildman–Crippen MR) is 136 cm³/mol. The molecule has 0 heterocycles. The average molecular weight is 457 g/mol. The molecule has 9 atom stereocenters. The van der Waals surface area contributed by atoms with Crippen LogP contribution in [0.15, 0.2) is 35.5 Å². The molecule has 0 aromatic rings. The number of hydrogen-bond donors (Lipinski definition) is 3. The quantitative estimate of drug-likeness (QED) is 0.432. The number of allylic oxidation sites excluding steroid dienone is 4. The second-order valence-electron chi connectivity index (χ2n) is 13.4. The van der Waals surface area contributed by atoms with Crippen molar-refractivity contribution in [3.05, 3.63) is 35.5 Å². The molecule has 3 heteroatoms. The standard InChI is InChI=1S/C30H48O3/c1-18(2)23(31)17-24(32)19(3)20-11-15-30(8)22-9-10-25-27(4,5)26(33)13-14-28(25,6)21(22)12-16-29(20,30)7/h9,12,19-20,23-26,31-33H,1,10-11,13-17H2,2-8H3/t19-,20+,23+,24-,25-,26-,28+,29+,30-/m0/s1. The molecule has 4 aliphatic rings. The smallest absolute Gasteiger partial charge is 0.0769 e. The van der Waals surface area contributed by atoms with Crippen LogP contribution < -0.4 is 0 Å². The van der Waals surface area contributed by atoms with E-state index in [1.807, 2.05) is 6.92 Å². The Morgan fingerprint density at radius 1 is 1.06 bits per heavy atom. The molecule has 2 fully saturated rings. The van der Waals surface area contributed by atoms with Gasteiger partial charge in [-0.05, 0) is 96.0 Å². The zero-order chi connectivity index (χ0) is 24.6. The van der Waals surface area contributed by atoms with Crippen molar-refractivity contribution in [3.8, 4) is 0 Å². The predicted octanol–water partition coefficient (Wildman–Crippen LogP) is 6.20. The summed E-state index contributed by atoms with van der Waals surface area (Å²) in [7, 11) is 0. The lowest BCUT2D eigenvalue weighted by Crippen LogP contribution is -2.54. The van der Waals surface area contributed by atoms with Crippen molar-refractivity contribution in [2.24, 2.45) is 39.4 Å². The van der Waals surface area contributed by atoms with Gasteiger partial charge in [-0.3, -0.25) is 0 Å². The molecule has 0 aromatic carbocycles. The van der Waals surface area contributed by atoms with Gasteiger partial charge in [-0.1, -0.05) is 65.8 Å². The van der Waals surface area contributed by atoms with Gasteiger partial charge in [0.2, 0.25) is 0 Å². The molecule has 3 nitrogen and oxygen atoms in total. The summed E-state index contributed by atoms with van der Waals surface area (Å²) in [6, 6.07) is 0. The first kappa shape index (κ1) is 25.2. The van der Waals surface area contributed by atoms with Gasteiger partial charge in [-0.2, -0.15) is 0 Å². The van der Waals surface area contributed by atoms with Crippen LogP contribution in [0.25, 0.3) is 0 Å². The van der Waals surface area contributed by atoms with Gasteiger partial charge in [0.05, 0.1) is 18.3 Å². The van der Waals surface area contributed by atoms with Crippen LogP contribution in [0, 0.1) is 39.4 Å². The van der Waals surface area contributed by atoms with Crippen molar-refractivity contribution >= 4 is 0 Å². The van der Waals surface area contributed by atoms with E-state index < -0.39 is 12.2 Å². The lowest BCUT2D eigenvalue weighted by molar-refractivity contribution is -0.0856. The molecule has 0 saturated heterocycles. The second kappa shape index (κ2) is 8.07. The molecule has 2 saturated carbocycles. The van der Waals surface area contributed by atoms with Gasteiger partial charge in [0, 0.05) is 6.42 Å². The van der Waals surface area contributed by atoms with Gasteiger partial charge in [0.1, 0.15) is 0 Å². The molecule has 4 rings (SSSR count). The van der Waals surface area contributed by atoms with E-state index in [-0.39, 0.29) is 33.7 Å². The Hall–Kier alpha value is -0.900. The van der Waals surface area contributed by atoms with Crippen LogP contribution in [0.5, 0.6) is 0 Å². The summed E-state index contributed by atoms with van der Waals surface area (Å²) in [6.45, 7) is 19.8. The van der Waals surface area contributed by atoms with Crippen LogP contribution in [-0.4, -0.2) is 33.6 Å². The van der Waals surface area contributed by atoms with Crippen LogP contribution >= 0.6 is 0 Å². The van der Waals surface area contributed by atoms with Crippen molar-refractivity contribution < 1.29 is 15.3 Å². The Kier molecular flexibility index (Phi) is 6.16. The third kappa shape index (κ3) is 3.47. The summed E-state index contributed by atoms with van der Waals surface area (Å²) in [5.74, 6) is 1.03. The number of aliphatic hydroxyl groups is 3. The van der Waals surface area contributed by atoms with E-state index in [9.17, 15) is 15.3 Å². The van der Waals surface area contributed by atoms with E-state index in [1.54, 1.807) is 11.1 Å². The molecule has 186 valence electrons. The highest BCUT2D eigenvalue weighted by Gasteiger charge is 2.63. The molecule has 3 N–H and O–H groups in total. The molecular weight excluding hydrogens is 408 g/mol. The van der Waals surface area contributed by atoms with Crippen molar-refractivity contribution in [1.82, 2.24) is 0 Å². The Morgan fingerprint density at radius 2 is 1.73 bits per heavy atom. The molecule has 0 spiro atoms. The molecule has 0 radical (unpaired) electrons. The maximum absolute atomic E-state index is 11.0. The van der Waals surface area contributed by atoms with E-state index in [2.05, 4.69) is 60.3 Å². The van der Waals surface area contributed by atoms with Crippen molar-refractivity contribution in [2.45, 2.75) is 112 Å². The van der Waals surface area contributed by atoms with Crippen LogP contribution in [-0.2, 0) is 0 Å². The van der Waals surface area contributed by atoms with Crippen molar-refractivity contribution in [2.75, 3.05) is 0 Å². The Bertz CT molecular complexity index is 868. The third-order valence-corrected chi connectivity index (χ3v) is 11.6. The lowest BCUT2D eigenvalue weighted by Gasteiger charge is -2.61. The SMILES string of the molecule is C=C(C)[C@H](O)C[C@H](O)[C@@H](C)[C@H]1CC[C@@]2(C)C3=CC[C@H]4C(C)(C)[C@@H](O)CC[C@]4(C)C3=CC[C@]12C. The first-order valence-corrected chi connectivity index (χ1v) is 13.3. The van der Waals surface area contributed by atoms with Crippen LogP contribution in [0.2, 0.25) is 0 Å². The minimum atomic E-state index is -0.635. The zero-order valence-electron chi connectivity index (χ0n) is 22.1. The van der Waals surface area contributed by atoms with Crippen molar-refractivity contribution in [3.63, 3.8) is 0 Å². The summed E-state index contributed by atoms with van der Waals surface area (Å²) in [6.07, 6.45) is 10.4. The average Bonchev–Trinajstić information content (AvgIpc) is 3.02. The first-order valence-electron chi connectivity index (χ1n) is 13.3. The largest absolute Gasteiger partial charge is 0.393 e. The molecule has 0 aromatic heterocycles. The number of hydrogen-bond acceptors (Lipinski definition) is 3.